The zero-order valence-corrected chi connectivity index (χ0v) is 11.2. The molecule has 1 aromatic heterocycles. The molecule has 0 unspecified atom stereocenters. The largest absolute Gasteiger partial charge is 0.389 e. The molecule has 0 bridgehead atoms. The zero-order chi connectivity index (χ0) is 13.1. The van der Waals surface area contributed by atoms with Crippen LogP contribution in [0.15, 0.2) is 4.52 Å². The summed E-state index contributed by atoms with van der Waals surface area (Å²) in [5.74, 6) is 1.67. The monoisotopic (exact) mass is 272 g/mol. The molecule has 1 amide bonds. The number of amides is 1. The molecule has 1 fully saturated rings. The molecule has 0 radical (unpaired) electrons. The first-order valence-electron chi connectivity index (χ1n) is 5.68. The number of nitrogens with zero attached hydrogens (tertiary/aromatic N) is 2. The molecular formula is C11H16N2O4S. The Labute approximate surface area is 109 Å². The fourth-order valence-corrected chi connectivity index (χ4v) is 2.70. The van der Waals surface area contributed by atoms with Gasteiger partial charge in [0.15, 0.2) is 0 Å². The van der Waals surface area contributed by atoms with Crippen LogP contribution in [-0.4, -0.2) is 46.2 Å². The molecule has 2 rings (SSSR count). The molecule has 2 heterocycles. The van der Waals surface area contributed by atoms with Crippen LogP contribution in [0.1, 0.15) is 17.0 Å². The van der Waals surface area contributed by atoms with Gasteiger partial charge in [-0.15, -0.1) is 11.8 Å². The Morgan fingerprint density at radius 2 is 2.39 bits per heavy atom. The number of aryl methyl sites for hydroxylation is 2. The van der Waals surface area contributed by atoms with Crippen LogP contribution in [-0.2, 0) is 15.4 Å². The topological polar surface area (TPSA) is 75.8 Å². The molecule has 1 aliphatic rings. The lowest BCUT2D eigenvalue weighted by molar-refractivity contribution is -0.165. The van der Waals surface area contributed by atoms with Gasteiger partial charge in [-0.05, 0) is 13.8 Å². The van der Waals surface area contributed by atoms with E-state index in [0.29, 0.717) is 11.5 Å². The summed E-state index contributed by atoms with van der Waals surface area (Å²) in [5, 5.41) is 14.3. The first-order valence-corrected chi connectivity index (χ1v) is 6.84. The molecule has 100 valence electrons. The summed E-state index contributed by atoms with van der Waals surface area (Å²) in [7, 11) is 0. The highest BCUT2D eigenvalue weighted by molar-refractivity contribution is 7.99. The number of hydrogen-bond acceptors (Lipinski definition) is 6. The average Bonchev–Trinajstić information content (AvgIpc) is 2.89. The van der Waals surface area contributed by atoms with Gasteiger partial charge in [-0.3, -0.25) is 9.63 Å². The highest BCUT2D eigenvalue weighted by atomic mass is 32.2. The van der Waals surface area contributed by atoms with Crippen molar-refractivity contribution in [3.63, 3.8) is 0 Å². The van der Waals surface area contributed by atoms with Crippen LogP contribution in [0, 0.1) is 13.8 Å². The molecule has 18 heavy (non-hydrogen) atoms. The van der Waals surface area contributed by atoms with Crippen molar-refractivity contribution in [1.82, 2.24) is 10.2 Å². The van der Waals surface area contributed by atoms with Crippen LogP contribution in [0.4, 0.5) is 0 Å². The molecular weight excluding hydrogens is 256 g/mol. The summed E-state index contributed by atoms with van der Waals surface area (Å²) in [4.78, 5) is 16.8. The predicted molar refractivity (Wildman–Crippen MR) is 65.8 cm³/mol. The Balaban J connectivity index is 1.77. The quantitative estimate of drug-likeness (QED) is 0.867. The van der Waals surface area contributed by atoms with Gasteiger partial charge in [0.1, 0.15) is 12.4 Å². The molecule has 1 aromatic rings. The number of β-amino-alcohol motifs (C(OH)–C–C–N with tert-alkyl or cyclic N) is 1. The maximum absolute atomic E-state index is 11.7. The van der Waals surface area contributed by atoms with E-state index in [9.17, 15) is 9.90 Å². The minimum absolute atomic E-state index is 0.122. The molecule has 7 heteroatoms. The third-order valence-corrected chi connectivity index (χ3v) is 3.67. The minimum Gasteiger partial charge on any atom is -0.389 e. The zero-order valence-electron chi connectivity index (χ0n) is 10.4. The third kappa shape index (κ3) is 3.04. The van der Waals surface area contributed by atoms with Gasteiger partial charge in [0.2, 0.25) is 0 Å². The van der Waals surface area contributed by atoms with Crippen LogP contribution in [0.2, 0.25) is 0 Å². The minimum atomic E-state index is -0.568. The van der Waals surface area contributed by atoms with Gasteiger partial charge in [0.05, 0.1) is 24.1 Å². The van der Waals surface area contributed by atoms with Crippen LogP contribution < -0.4 is 0 Å². The molecule has 1 saturated heterocycles. The maximum Gasteiger partial charge on any atom is 0.256 e. The van der Waals surface area contributed by atoms with Gasteiger partial charge in [0, 0.05) is 11.3 Å². The lowest BCUT2D eigenvalue weighted by Gasteiger charge is -2.13. The number of rotatable bonds is 4. The number of hydroxylamine groups is 2. The van der Waals surface area contributed by atoms with Crippen LogP contribution in [0.25, 0.3) is 0 Å². The summed E-state index contributed by atoms with van der Waals surface area (Å²) in [6.07, 6.45) is -0.568. The molecule has 1 N–H and O–H groups in total. The second-order valence-corrected chi connectivity index (χ2v) is 5.19. The number of aromatic nitrogens is 1. The second kappa shape index (κ2) is 5.73. The second-order valence-electron chi connectivity index (χ2n) is 4.20. The fourth-order valence-electron chi connectivity index (χ4n) is 1.67. The highest BCUT2D eigenvalue weighted by Crippen LogP contribution is 2.20. The standard InChI is InChI=1S/C11H16N2O4S/c1-7-10(8(2)17-12-7)5-18-6-11(15)13-3-9(14)4-16-13/h9,14H,3-6H2,1-2H3/t9-/m1/s1. The lowest BCUT2D eigenvalue weighted by atomic mass is 10.2. The lowest BCUT2D eigenvalue weighted by Crippen LogP contribution is -2.29. The number of carbonyl (C=O) groups excluding carboxylic acids is 1. The Morgan fingerprint density at radius 1 is 1.61 bits per heavy atom. The van der Waals surface area contributed by atoms with Gasteiger partial charge in [0.25, 0.3) is 5.91 Å². The molecule has 6 nitrogen and oxygen atoms in total. The maximum atomic E-state index is 11.7. The Bertz CT molecular complexity index is 415. The van der Waals surface area contributed by atoms with Crippen molar-refractivity contribution in [2.75, 3.05) is 18.9 Å². The number of carbonyl (C=O) groups is 1. The van der Waals surface area contributed by atoms with Crippen molar-refractivity contribution in [2.24, 2.45) is 0 Å². The first kappa shape index (κ1) is 13.4. The van der Waals surface area contributed by atoms with Crippen LogP contribution >= 0.6 is 11.8 Å². The van der Waals surface area contributed by atoms with E-state index >= 15 is 0 Å². The number of hydrogen-bond donors (Lipinski definition) is 1. The van der Waals surface area contributed by atoms with E-state index in [2.05, 4.69) is 5.16 Å². The van der Waals surface area contributed by atoms with Crippen LogP contribution in [0.5, 0.6) is 0 Å². The summed E-state index contributed by atoms with van der Waals surface area (Å²) in [6.45, 7) is 4.19. The molecule has 0 aliphatic carbocycles. The van der Waals surface area contributed by atoms with Gasteiger partial charge < -0.3 is 9.63 Å². The van der Waals surface area contributed by atoms with Crippen LogP contribution in [0.3, 0.4) is 0 Å². The summed E-state index contributed by atoms with van der Waals surface area (Å²) < 4.78 is 5.05. The first-order chi connectivity index (χ1) is 8.58. The van der Waals surface area contributed by atoms with Crippen molar-refractivity contribution >= 4 is 17.7 Å². The Hall–Kier alpha value is -1.05. The molecule has 0 aromatic carbocycles. The van der Waals surface area contributed by atoms with E-state index < -0.39 is 6.10 Å². The molecule has 1 aliphatic heterocycles. The molecule has 0 saturated carbocycles. The van der Waals surface area contributed by atoms with Crippen molar-refractivity contribution in [1.29, 1.82) is 0 Å². The van der Waals surface area contributed by atoms with Gasteiger partial charge in [-0.2, -0.15) is 0 Å². The van der Waals surface area contributed by atoms with E-state index in [1.165, 1.54) is 16.8 Å². The highest BCUT2D eigenvalue weighted by Gasteiger charge is 2.25. The van der Waals surface area contributed by atoms with Gasteiger partial charge in [-0.1, -0.05) is 5.16 Å². The van der Waals surface area contributed by atoms with E-state index in [1.54, 1.807) is 0 Å². The van der Waals surface area contributed by atoms with E-state index in [4.69, 9.17) is 9.36 Å². The number of thioether (sulfide) groups is 1. The smallest absolute Gasteiger partial charge is 0.256 e. The van der Waals surface area contributed by atoms with Crippen molar-refractivity contribution in [3.05, 3.63) is 17.0 Å². The van der Waals surface area contributed by atoms with Crippen molar-refractivity contribution < 1.29 is 19.3 Å². The fraction of sp³-hybridized carbons (Fsp3) is 0.636. The molecule has 0 spiro atoms. The normalized spacial score (nSPS) is 19.5. The summed E-state index contributed by atoms with van der Waals surface area (Å²) in [5.41, 5.74) is 1.90. The molecule has 1 atom stereocenters. The average molecular weight is 272 g/mol. The van der Waals surface area contributed by atoms with E-state index in [-0.39, 0.29) is 19.1 Å². The number of aliphatic hydroxyl groups excluding tert-OH is 1. The van der Waals surface area contributed by atoms with Gasteiger partial charge >= 0.3 is 0 Å². The van der Waals surface area contributed by atoms with E-state index in [0.717, 1.165) is 17.0 Å². The Kier molecular flexibility index (Phi) is 4.26. The summed E-state index contributed by atoms with van der Waals surface area (Å²) >= 11 is 1.48. The predicted octanol–water partition coefficient (Wildman–Crippen LogP) is 0.659. The van der Waals surface area contributed by atoms with Crippen molar-refractivity contribution in [2.45, 2.75) is 25.7 Å². The third-order valence-electron chi connectivity index (χ3n) is 2.73. The Morgan fingerprint density at radius 3 is 2.94 bits per heavy atom. The van der Waals surface area contributed by atoms with Crippen molar-refractivity contribution in [3.8, 4) is 0 Å². The number of aliphatic hydroxyl groups is 1. The van der Waals surface area contributed by atoms with Gasteiger partial charge in [-0.25, -0.2) is 5.06 Å². The van der Waals surface area contributed by atoms with E-state index in [1.807, 2.05) is 13.8 Å². The SMILES string of the molecule is Cc1noc(C)c1CSCC(=O)N1C[C@@H](O)CO1. The summed E-state index contributed by atoms with van der Waals surface area (Å²) in [6, 6.07) is 0.